The Bertz CT molecular complexity index is 303. The van der Waals surface area contributed by atoms with Crippen molar-refractivity contribution in [1.29, 1.82) is 0 Å². The normalized spacial score (nSPS) is 34.1. The monoisotopic (exact) mass is 295 g/mol. The summed E-state index contributed by atoms with van der Waals surface area (Å²) in [4.78, 5) is 5.41. The Morgan fingerprint density at radius 3 is 2.38 bits per heavy atom. The standard InChI is InChI=1S/C17H33N3O/c18-13-17(7-4-12-21-15-17)14-19-10-5-16(6-11-19)20-8-2-1-3-9-20/h16H,1-15,18H2. The molecule has 2 N–H and O–H groups in total. The molecule has 0 aromatic heterocycles. The minimum atomic E-state index is 0.232. The zero-order chi connectivity index (χ0) is 14.5. The van der Waals surface area contributed by atoms with Gasteiger partial charge < -0.3 is 20.3 Å². The van der Waals surface area contributed by atoms with Crippen molar-refractivity contribution >= 4 is 0 Å². The van der Waals surface area contributed by atoms with Crippen LogP contribution in [0, 0.1) is 5.41 Å². The molecule has 3 heterocycles. The highest BCUT2D eigenvalue weighted by Crippen LogP contribution is 2.30. The maximum atomic E-state index is 6.08. The second-order valence-corrected chi connectivity index (χ2v) is 7.46. The van der Waals surface area contributed by atoms with E-state index in [-0.39, 0.29) is 5.41 Å². The number of piperidine rings is 2. The van der Waals surface area contributed by atoms with Crippen LogP contribution in [0.5, 0.6) is 0 Å². The summed E-state index contributed by atoms with van der Waals surface area (Å²) >= 11 is 0. The maximum absolute atomic E-state index is 6.08. The lowest BCUT2D eigenvalue weighted by atomic mass is 9.81. The number of hydrogen-bond acceptors (Lipinski definition) is 4. The van der Waals surface area contributed by atoms with Crippen LogP contribution < -0.4 is 5.73 Å². The topological polar surface area (TPSA) is 41.7 Å². The first-order chi connectivity index (χ1) is 10.3. The molecule has 4 heteroatoms. The van der Waals surface area contributed by atoms with E-state index in [0.717, 1.165) is 32.3 Å². The third-order valence-electron chi connectivity index (χ3n) is 5.86. The minimum Gasteiger partial charge on any atom is -0.381 e. The molecule has 3 saturated heterocycles. The van der Waals surface area contributed by atoms with E-state index in [0.29, 0.717) is 0 Å². The lowest BCUT2D eigenvalue weighted by Gasteiger charge is -2.44. The lowest BCUT2D eigenvalue weighted by molar-refractivity contribution is -0.0289. The molecule has 0 radical (unpaired) electrons. The Morgan fingerprint density at radius 2 is 1.76 bits per heavy atom. The third-order valence-corrected chi connectivity index (χ3v) is 5.86. The second kappa shape index (κ2) is 7.40. The van der Waals surface area contributed by atoms with Crippen LogP contribution in [-0.2, 0) is 4.74 Å². The fourth-order valence-corrected chi connectivity index (χ4v) is 4.46. The Kier molecular flexibility index (Phi) is 5.54. The van der Waals surface area contributed by atoms with E-state index in [1.807, 2.05) is 0 Å². The molecule has 4 nitrogen and oxygen atoms in total. The lowest BCUT2D eigenvalue weighted by Crippen LogP contribution is -2.52. The molecule has 21 heavy (non-hydrogen) atoms. The summed E-state index contributed by atoms with van der Waals surface area (Å²) in [5, 5.41) is 0. The van der Waals surface area contributed by atoms with E-state index in [1.54, 1.807) is 0 Å². The van der Waals surface area contributed by atoms with Crippen LogP contribution >= 0.6 is 0 Å². The van der Waals surface area contributed by atoms with E-state index >= 15 is 0 Å². The number of hydrogen-bond donors (Lipinski definition) is 1. The Balaban J connectivity index is 1.46. The van der Waals surface area contributed by atoms with Crippen molar-refractivity contribution in [2.75, 3.05) is 52.5 Å². The van der Waals surface area contributed by atoms with Gasteiger partial charge in [0, 0.05) is 31.2 Å². The Morgan fingerprint density at radius 1 is 1.00 bits per heavy atom. The van der Waals surface area contributed by atoms with Crippen LogP contribution in [0.4, 0.5) is 0 Å². The fraction of sp³-hybridized carbons (Fsp3) is 1.00. The van der Waals surface area contributed by atoms with Crippen molar-refractivity contribution in [3.8, 4) is 0 Å². The number of likely N-dealkylation sites (tertiary alicyclic amines) is 2. The summed E-state index contributed by atoms with van der Waals surface area (Å²) in [6.07, 6.45) is 9.38. The van der Waals surface area contributed by atoms with E-state index in [9.17, 15) is 0 Å². The molecule has 0 aromatic rings. The molecule has 0 aliphatic carbocycles. The highest BCUT2D eigenvalue weighted by molar-refractivity contribution is 4.89. The minimum absolute atomic E-state index is 0.232. The van der Waals surface area contributed by atoms with Crippen molar-refractivity contribution < 1.29 is 4.74 Å². The summed E-state index contributed by atoms with van der Waals surface area (Å²) in [5.74, 6) is 0. The Labute approximate surface area is 130 Å². The van der Waals surface area contributed by atoms with Crippen LogP contribution in [0.2, 0.25) is 0 Å². The quantitative estimate of drug-likeness (QED) is 0.857. The highest BCUT2D eigenvalue weighted by atomic mass is 16.5. The predicted octanol–water partition coefficient (Wildman–Crippen LogP) is 1.69. The molecule has 3 aliphatic heterocycles. The molecule has 3 aliphatic rings. The first-order valence-electron chi connectivity index (χ1n) is 9.06. The van der Waals surface area contributed by atoms with Gasteiger partial charge in [0.25, 0.3) is 0 Å². The molecular weight excluding hydrogens is 262 g/mol. The molecular formula is C17H33N3O. The van der Waals surface area contributed by atoms with Crippen molar-refractivity contribution in [2.45, 2.75) is 51.0 Å². The van der Waals surface area contributed by atoms with Gasteiger partial charge in [-0.2, -0.15) is 0 Å². The van der Waals surface area contributed by atoms with Gasteiger partial charge in [-0.3, -0.25) is 0 Å². The average molecular weight is 295 g/mol. The zero-order valence-electron chi connectivity index (χ0n) is 13.6. The second-order valence-electron chi connectivity index (χ2n) is 7.46. The van der Waals surface area contributed by atoms with Gasteiger partial charge >= 0.3 is 0 Å². The summed E-state index contributed by atoms with van der Waals surface area (Å²) in [5.41, 5.74) is 6.32. The predicted molar refractivity (Wildman–Crippen MR) is 86.4 cm³/mol. The number of nitrogens with zero attached hydrogens (tertiary/aromatic N) is 2. The van der Waals surface area contributed by atoms with Crippen molar-refractivity contribution in [3.63, 3.8) is 0 Å². The Hall–Kier alpha value is -0.160. The van der Waals surface area contributed by atoms with E-state index in [4.69, 9.17) is 10.5 Å². The molecule has 0 saturated carbocycles. The smallest absolute Gasteiger partial charge is 0.0546 e. The first kappa shape index (κ1) is 15.7. The highest BCUT2D eigenvalue weighted by Gasteiger charge is 2.35. The number of rotatable bonds is 4. The molecule has 0 amide bonds. The molecule has 3 rings (SSSR count). The summed E-state index contributed by atoms with van der Waals surface area (Å²) in [6, 6.07) is 0.845. The molecule has 0 aromatic carbocycles. The number of ether oxygens (including phenoxy) is 1. The fourth-order valence-electron chi connectivity index (χ4n) is 4.46. The van der Waals surface area contributed by atoms with Crippen LogP contribution in [0.25, 0.3) is 0 Å². The average Bonchev–Trinajstić information content (AvgIpc) is 2.57. The van der Waals surface area contributed by atoms with Crippen LogP contribution in [-0.4, -0.2) is 68.3 Å². The van der Waals surface area contributed by atoms with Gasteiger partial charge in [0.2, 0.25) is 0 Å². The summed E-state index contributed by atoms with van der Waals surface area (Å²) in [7, 11) is 0. The number of nitrogens with two attached hydrogens (primary N) is 1. The largest absolute Gasteiger partial charge is 0.381 e. The zero-order valence-corrected chi connectivity index (χ0v) is 13.6. The molecule has 0 spiro atoms. The van der Waals surface area contributed by atoms with Gasteiger partial charge in [-0.1, -0.05) is 6.42 Å². The van der Waals surface area contributed by atoms with Crippen LogP contribution in [0.15, 0.2) is 0 Å². The van der Waals surface area contributed by atoms with Crippen molar-refractivity contribution in [1.82, 2.24) is 9.80 Å². The van der Waals surface area contributed by atoms with Gasteiger partial charge in [-0.15, -0.1) is 0 Å². The maximum Gasteiger partial charge on any atom is 0.0546 e. The van der Waals surface area contributed by atoms with Gasteiger partial charge in [0.15, 0.2) is 0 Å². The van der Waals surface area contributed by atoms with Gasteiger partial charge in [0.05, 0.1) is 6.61 Å². The van der Waals surface area contributed by atoms with Crippen LogP contribution in [0.3, 0.4) is 0 Å². The third kappa shape index (κ3) is 3.98. The van der Waals surface area contributed by atoms with E-state index < -0.39 is 0 Å². The van der Waals surface area contributed by atoms with E-state index in [2.05, 4.69) is 9.80 Å². The summed E-state index contributed by atoms with van der Waals surface area (Å²) < 4.78 is 5.72. The SMILES string of the molecule is NCC1(CN2CCC(N3CCCCC3)CC2)CCCOC1. The van der Waals surface area contributed by atoms with Crippen molar-refractivity contribution in [3.05, 3.63) is 0 Å². The van der Waals surface area contributed by atoms with Crippen LogP contribution in [0.1, 0.15) is 44.9 Å². The van der Waals surface area contributed by atoms with Crippen molar-refractivity contribution in [2.24, 2.45) is 11.1 Å². The molecule has 1 unspecified atom stereocenters. The van der Waals surface area contributed by atoms with Gasteiger partial charge in [-0.25, -0.2) is 0 Å². The molecule has 0 bridgehead atoms. The van der Waals surface area contributed by atoms with Gasteiger partial charge in [0.1, 0.15) is 0 Å². The summed E-state index contributed by atoms with van der Waals surface area (Å²) in [6.45, 7) is 8.91. The molecule has 3 fully saturated rings. The molecule has 1 atom stereocenters. The van der Waals surface area contributed by atoms with E-state index in [1.165, 1.54) is 71.1 Å². The first-order valence-corrected chi connectivity index (χ1v) is 9.06. The molecule has 122 valence electrons. The van der Waals surface area contributed by atoms with Gasteiger partial charge in [-0.05, 0) is 64.7 Å².